The molecule has 0 unspecified atom stereocenters. The van der Waals surface area contributed by atoms with Gasteiger partial charge < -0.3 is 14.9 Å². The maximum atomic E-state index is 12.3. The van der Waals surface area contributed by atoms with E-state index >= 15 is 0 Å². The summed E-state index contributed by atoms with van der Waals surface area (Å²) in [6.45, 7) is 0. The number of benzene rings is 1. The molecule has 1 saturated carbocycles. The first-order valence-corrected chi connectivity index (χ1v) is 11.4. The summed E-state index contributed by atoms with van der Waals surface area (Å²) in [6, 6.07) is 7.34. The summed E-state index contributed by atoms with van der Waals surface area (Å²) in [5.74, 6) is 0.990. The van der Waals surface area contributed by atoms with Crippen LogP contribution in [0.2, 0.25) is 5.02 Å². The van der Waals surface area contributed by atoms with E-state index in [-0.39, 0.29) is 30.0 Å². The summed E-state index contributed by atoms with van der Waals surface area (Å²) in [5.41, 5.74) is 0.928. The molecule has 1 fully saturated rings. The zero-order valence-corrected chi connectivity index (χ0v) is 18.2. The van der Waals surface area contributed by atoms with E-state index in [2.05, 4.69) is 4.74 Å². The Hall–Kier alpha value is -1.34. The van der Waals surface area contributed by atoms with Crippen molar-refractivity contribution in [3.8, 4) is 0 Å². The summed E-state index contributed by atoms with van der Waals surface area (Å²) < 4.78 is 4.61. The van der Waals surface area contributed by atoms with Gasteiger partial charge in [0.15, 0.2) is 0 Å². The molecule has 7 heteroatoms. The van der Waals surface area contributed by atoms with Gasteiger partial charge in [-0.05, 0) is 42.0 Å². The third-order valence-corrected chi connectivity index (χ3v) is 6.43. The second-order valence-corrected chi connectivity index (χ2v) is 8.95. The number of aliphatic hydroxyl groups excluding tert-OH is 2. The van der Waals surface area contributed by atoms with Crippen molar-refractivity contribution >= 4 is 35.1 Å². The summed E-state index contributed by atoms with van der Waals surface area (Å²) in [7, 11) is 1.38. The topological polar surface area (TPSA) is 83.8 Å². The molecule has 0 aliphatic heterocycles. The fourth-order valence-corrected chi connectivity index (χ4v) is 4.74. The van der Waals surface area contributed by atoms with Gasteiger partial charge in [-0.25, -0.2) is 0 Å². The largest absolute Gasteiger partial charge is 0.469 e. The van der Waals surface area contributed by atoms with E-state index in [0.717, 1.165) is 23.5 Å². The highest BCUT2D eigenvalue weighted by molar-refractivity contribution is 7.99. The number of rotatable bonds is 11. The average Bonchev–Trinajstić information content (AvgIpc) is 2.95. The number of hydrogen-bond acceptors (Lipinski definition) is 6. The first kappa shape index (κ1) is 23.9. The lowest BCUT2D eigenvalue weighted by Crippen LogP contribution is -2.20. The first-order chi connectivity index (χ1) is 13.9. The van der Waals surface area contributed by atoms with Crippen molar-refractivity contribution in [2.24, 2.45) is 11.8 Å². The highest BCUT2D eigenvalue weighted by atomic mass is 35.5. The third kappa shape index (κ3) is 8.13. The molecule has 2 rings (SSSR count). The number of ether oxygens (including phenoxy) is 1. The molecular formula is C22H29ClO5S. The van der Waals surface area contributed by atoms with E-state index in [4.69, 9.17) is 11.6 Å². The number of ketones is 1. The van der Waals surface area contributed by atoms with E-state index in [1.807, 2.05) is 18.2 Å². The number of thioether (sulfide) groups is 1. The lowest BCUT2D eigenvalue weighted by molar-refractivity contribution is -0.140. The molecule has 1 aromatic carbocycles. The Morgan fingerprint density at radius 3 is 2.93 bits per heavy atom. The maximum Gasteiger partial charge on any atom is 0.305 e. The van der Waals surface area contributed by atoms with Crippen LogP contribution in [0, 0.1) is 11.8 Å². The van der Waals surface area contributed by atoms with Gasteiger partial charge in [-0.2, -0.15) is 11.8 Å². The molecule has 0 radical (unpaired) electrons. The highest BCUT2D eigenvalue weighted by Gasteiger charge is 2.39. The summed E-state index contributed by atoms with van der Waals surface area (Å²) in [4.78, 5) is 23.4. The van der Waals surface area contributed by atoms with Gasteiger partial charge in [0, 0.05) is 36.1 Å². The fraction of sp³-hybridized carbons (Fsp3) is 0.545. The van der Waals surface area contributed by atoms with E-state index in [1.54, 1.807) is 30.0 Å². The van der Waals surface area contributed by atoms with Gasteiger partial charge in [0.1, 0.15) is 5.78 Å². The molecule has 5 nitrogen and oxygen atoms in total. The monoisotopic (exact) mass is 440 g/mol. The number of carbonyl (C=O) groups is 2. The molecule has 29 heavy (non-hydrogen) atoms. The van der Waals surface area contributed by atoms with Crippen LogP contribution in [0.25, 0.3) is 0 Å². The summed E-state index contributed by atoms with van der Waals surface area (Å²) >= 11 is 7.67. The molecule has 1 aromatic rings. The Bertz CT molecular complexity index is 708. The smallest absolute Gasteiger partial charge is 0.305 e. The Labute approximate surface area is 181 Å². The molecule has 4 atom stereocenters. The molecule has 0 saturated heterocycles. The Balaban J connectivity index is 1.81. The summed E-state index contributed by atoms with van der Waals surface area (Å²) in [6.07, 6.45) is 4.47. The van der Waals surface area contributed by atoms with Crippen molar-refractivity contribution < 1.29 is 24.5 Å². The third-order valence-electron chi connectivity index (χ3n) is 5.09. The van der Waals surface area contributed by atoms with E-state index in [1.165, 1.54) is 7.11 Å². The number of carbonyl (C=O) groups excluding carboxylic acids is 2. The quantitative estimate of drug-likeness (QED) is 0.311. The van der Waals surface area contributed by atoms with Crippen LogP contribution < -0.4 is 0 Å². The van der Waals surface area contributed by atoms with Crippen LogP contribution in [0.1, 0.15) is 31.2 Å². The summed E-state index contributed by atoms with van der Waals surface area (Å²) in [5, 5.41) is 21.2. The number of Topliss-reactive ketones (excluding diaryl/α,β-unsaturated/α-hetero) is 1. The number of aliphatic hydroxyl groups is 2. The zero-order valence-electron chi connectivity index (χ0n) is 16.6. The van der Waals surface area contributed by atoms with Crippen LogP contribution in [0.15, 0.2) is 36.4 Å². The molecule has 0 amide bonds. The molecule has 2 N–H and O–H groups in total. The zero-order chi connectivity index (χ0) is 21.2. The Kier molecular flexibility index (Phi) is 10.2. The number of esters is 1. The minimum atomic E-state index is -0.704. The van der Waals surface area contributed by atoms with Crippen LogP contribution in [0.5, 0.6) is 0 Å². The van der Waals surface area contributed by atoms with Crippen molar-refractivity contribution in [3.63, 3.8) is 0 Å². The van der Waals surface area contributed by atoms with Gasteiger partial charge in [-0.3, -0.25) is 9.59 Å². The molecule has 0 aromatic heterocycles. The van der Waals surface area contributed by atoms with Crippen molar-refractivity contribution in [2.45, 2.75) is 44.3 Å². The van der Waals surface area contributed by atoms with Gasteiger partial charge in [0.25, 0.3) is 0 Å². The number of hydrogen-bond donors (Lipinski definition) is 2. The lowest BCUT2D eigenvalue weighted by atomic mass is 9.91. The van der Waals surface area contributed by atoms with Crippen LogP contribution in [0.4, 0.5) is 0 Å². The number of methoxy groups -OCH3 is 1. The standard InChI is InChI=1S/C22H29ClO5S/c1-28-22(27)6-3-10-29-11-9-19-18(20(25)14-21(19)26)8-7-17(24)13-15-4-2-5-16(23)12-15/h2,4-5,7-8,12,17-20,24-25H,3,6,9-11,13-14H2,1H3/b8-7+/t17-,18-,19-,20-/m1/s1. The van der Waals surface area contributed by atoms with Crippen LogP contribution >= 0.6 is 23.4 Å². The van der Waals surface area contributed by atoms with Crippen molar-refractivity contribution in [2.75, 3.05) is 18.6 Å². The van der Waals surface area contributed by atoms with Crippen LogP contribution in [-0.4, -0.2) is 52.8 Å². The fourth-order valence-electron chi connectivity index (χ4n) is 3.56. The Morgan fingerprint density at radius 1 is 1.41 bits per heavy atom. The predicted molar refractivity (Wildman–Crippen MR) is 116 cm³/mol. The van der Waals surface area contributed by atoms with Gasteiger partial charge >= 0.3 is 5.97 Å². The van der Waals surface area contributed by atoms with E-state index in [0.29, 0.717) is 24.3 Å². The minimum Gasteiger partial charge on any atom is -0.469 e. The average molecular weight is 441 g/mol. The SMILES string of the molecule is COC(=O)CCCSCC[C@H]1C(=O)C[C@@H](O)[C@@H]1/C=C/[C@@H](O)Cc1cccc(Cl)c1. The first-order valence-electron chi connectivity index (χ1n) is 9.87. The van der Waals surface area contributed by atoms with Crippen molar-refractivity contribution in [1.82, 2.24) is 0 Å². The molecule has 1 aliphatic carbocycles. The maximum absolute atomic E-state index is 12.3. The second-order valence-electron chi connectivity index (χ2n) is 7.29. The van der Waals surface area contributed by atoms with E-state index < -0.39 is 12.2 Å². The lowest BCUT2D eigenvalue weighted by Gasteiger charge is -2.18. The molecule has 1 aliphatic rings. The van der Waals surface area contributed by atoms with Crippen LogP contribution in [-0.2, 0) is 20.7 Å². The molecule has 160 valence electrons. The second kappa shape index (κ2) is 12.4. The van der Waals surface area contributed by atoms with Gasteiger partial charge in [-0.15, -0.1) is 0 Å². The van der Waals surface area contributed by atoms with Gasteiger partial charge in [0.2, 0.25) is 0 Å². The normalized spacial score (nSPS) is 22.9. The Morgan fingerprint density at radius 2 is 2.21 bits per heavy atom. The molecule has 0 spiro atoms. The van der Waals surface area contributed by atoms with Crippen molar-refractivity contribution in [1.29, 1.82) is 0 Å². The molecular weight excluding hydrogens is 412 g/mol. The van der Waals surface area contributed by atoms with Crippen molar-refractivity contribution in [3.05, 3.63) is 47.0 Å². The predicted octanol–water partition coefficient (Wildman–Crippen LogP) is 3.44. The number of halogens is 1. The van der Waals surface area contributed by atoms with Gasteiger partial charge in [0.05, 0.1) is 19.3 Å². The molecule has 0 bridgehead atoms. The van der Waals surface area contributed by atoms with Gasteiger partial charge in [-0.1, -0.05) is 35.9 Å². The van der Waals surface area contributed by atoms with E-state index in [9.17, 15) is 19.8 Å². The van der Waals surface area contributed by atoms with Crippen LogP contribution in [0.3, 0.4) is 0 Å². The highest BCUT2D eigenvalue weighted by Crippen LogP contribution is 2.34. The molecule has 0 heterocycles. The minimum absolute atomic E-state index is 0.0756.